The summed E-state index contributed by atoms with van der Waals surface area (Å²) in [7, 11) is 0. The molecule has 1 heterocycles. The van der Waals surface area contributed by atoms with Gasteiger partial charge in [-0.05, 0) is 60.0 Å². The summed E-state index contributed by atoms with van der Waals surface area (Å²) < 4.78 is 13.5. The average Bonchev–Trinajstić information content (AvgIpc) is 2.56. The van der Waals surface area contributed by atoms with Gasteiger partial charge < -0.3 is 10.4 Å². The van der Waals surface area contributed by atoms with Crippen LogP contribution in [0, 0.1) is 5.82 Å². The van der Waals surface area contributed by atoms with E-state index in [0.29, 0.717) is 0 Å². The average molecular weight is 317 g/mol. The molecule has 0 radical (unpaired) electrons. The Balaban J connectivity index is 1.59. The van der Waals surface area contributed by atoms with E-state index < -0.39 is 0 Å². The van der Waals surface area contributed by atoms with Crippen LogP contribution in [0.3, 0.4) is 0 Å². The third-order valence-corrected chi connectivity index (χ3v) is 5.14. The number of hydrogen-bond donors (Lipinski definition) is 2. The lowest BCUT2D eigenvalue weighted by atomic mass is 10.0. The van der Waals surface area contributed by atoms with Gasteiger partial charge in [-0.15, -0.1) is 11.8 Å². The first-order valence-electron chi connectivity index (χ1n) is 7.60. The molecule has 22 heavy (non-hydrogen) atoms. The summed E-state index contributed by atoms with van der Waals surface area (Å²) in [4.78, 5) is 1.19. The summed E-state index contributed by atoms with van der Waals surface area (Å²) in [5, 5.41) is 12.6. The zero-order valence-corrected chi connectivity index (χ0v) is 13.2. The first-order valence-corrected chi connectivity index (χ1v) is 8.59. The zero-order chi connectivity index (χ0) is 15.4. The van der Waals surface area contributed by atoms with Gasteiger partial charge in [0.15, 0.2) is 0 Å². The van der Waals surface area contributed by atoms with Gasteiger partial charge in [0.1, 0.15) is 5.82 Å². The molecule has 2 aromatic rings. The lowest BCUT2D eigenvalue weighted by Gasteiger charge is -2.26. The van der Waals surface area contributed by atoms with Crippen molar-refractivity contribution in [3.63, 3.8) is 0 Å². The lowest BCUT2D eigenvalue weighted by molar-refractivity contribution is 0.282. The number of rotatable bonds is 5. The van der Waals surface area contributed by atoms with Crippen molar-refractivity contribution >= 4 is 11.8 Å². The maximum Gasteiger partial charge on any atom is 0.123 e. The minimum absolute atomic E-state index is 0.0839. The standard InChI is InChI=1S/C18H20FNOS/c19-15-5-6-18-16(11-15)17(8-10-22-18)20-9-7-13-1-3-14(12-21)4-2-13/h1-6,11,17,20-21H,7-10,12H2. The van der Waals surface area contributed by atoms with Crippen LogP contribution in [0.15, 0.2) is 47.4 Å². The largest absolute Gasteiger partial charge is 0.392 e. The van der Waals surface area contributed by atoms with Crippen LogP contribution in [0.4, 0.5) is 4.39 Å². The predicted octanol–water partition coefficient (Wildman–Crippen LogP) is 3.69. The Hall–Kier alpha value is -1.36. The van der Waals surface area contributed by atoms with E-state index in [2.05, 4.69) is 17.4 Å². The monoisotopic (exact) mass is 317 g/mol. The number of nitrogens with one attached hydrogen (secondary N) is 1. The molecule has 2 N–H and O–H groups in total. The highest BCUT2D eigenvalue weighted by molar-refractivity contribution is 7.99. The minimum Gasteiger partial charge on any atom is -0.392 e. The third kappa shape index (κ3) is 3.69. The fraction of sp³-hybridized carbons (Fsp3) is 0.333. The Morgan fingerprint density at radius 3 is 2.68 bits per heavy atom. The Kier molecular flexibility index (Phi) is 5.13. The van der Waals surface area contributed by atoms with E-state index in [-0.39, 0.29) is 18.5 Å². The smallest absolute Gasteiger partial charge is 0.123 e. The van der Waals surface area contributed by atoms with Crippen molar-refractivity contribution in [3.05, 3.63) is 65.0 Å². The van der Waals surface area contributed by atoms with Gasteiger partial charge in [-0.25, -0.2) is 4.39 Å². The summed E-state index contributed by atoms with van der Waals surface area (Å²) in [6.45, 7) is 0.949. The SMILES string of the molecule is OCc1ccc(CCNC2CCSc3ccc(F)cc32)cc1. The Morgan fingerprint density at radius 1 is 1.14 bits per heavy atom. The number of aliphatic hydroxyl groups is 1. The van der Waals surface area contributed by atoms with Gasteiger partial charge in [-0.3, -0.25) is 0 Å². The summed E-state index contributed by atoms with van der Waals surface area (Å²) in [5.74, 6) is 0.911. The fourth-order valence-corrected chi connectivity index (χ4v) is 3.88. The van der Waals surface area contributed by atoms with E-state index in [1.54, 1.807) is 17.8 Å². The predicted molar refractivity (Wildman–Crippen MR) is 88.6 cm³/mol. The number of aliphatic hydroxyl groups excluding tert-OH is 1. The molecule has 1 atom stereocenters. The van der Waals surface area contributed by atoms with Crippen molar-refractivity contribution in [1.29, 1.82) is 0 Å². The Labute approximate surface area is 134 Å². The molecule has 0 bridgehead atoms. The molecule has 3 rings (SSSR count). The second-order valence-electron chi connectivity index (χ2n) is 5.55. The van der Waals surface area contributed by atoms with Gasteiger partial charge in [-0.1, -0.05) is 24.3 Å². The lowest BCUT2D eigenvalue weighted by Crippen LogP contribution is -2.26. The van der Waals surface area contributed by atoms with E-state index in [4.69, 9.17) is 5.11 Å². The van der Waals surface area contributed by atoms with Crippen molar-refractivity contribution in [2.45, 2.75) is 30.4 Å². The van der Waals surface area contributed by atoms with E-state index in [9.17, 15) is 4.39 Å². The molecule has 0 saturated carbocycles. The van der Waals surface area contributed by atoms with E-state index >= 15 is 0 Å². The van der Waals surface area contributed by atoms with E-state index in [0.717, 1.165) is 36.3 Å². The molecule has 2 aromatic carbocycles. The van der Waals surface area contributed by atoms with Crippen molar-refractivity contribution in [2.75, 3.05) is 12.3 Å². The highest BCUT2D eigenvalue weighted by Crippen LogP contribution is 2.36. The summed E-state index contributed by atoms with van der Waals surface area (Å²) in [5.41, 5.74) is 3.27. The van der Waals surface area contributed by atoms with Gasteiger partial charge in [0.2, 0.25) is 0 Å². The number of fused-ring (bicyclic) bond motifs is 1. The van der Waals surface area contributed by atoms with Gasteiger partial charge in [-0.2, -0.15) is 0 Å². The quantitative estimate of drug-likeness (QED) is 0.882. The second kappa shape index (κ2) is 7.27. The zero-order valence-electron chi connectivity index (χ0n) is 12.4. The van der Waals surface area contributed by atoms with Crippen molar-refractivity contribution < 1.29 is 9.50 Å². The van der Waals surface area contributed by atoms with Gasteiger partial charge in [0.25, 0.3) is 0 Å². The highest BCUT2D eigenvalue weighted by Gasteiger charge is 2.20. The summed E-state index contributed by atoms with van der Waals surface area (Å²) in [6.07, 6.45) is 1.96. The molecular weight excluding hydrogens is 297 g/mol. The van der Waals surface area contributed by atoms with Crippen LogP contribution in [0.25, 0.3) is 0 Å². The molecule has 2 nitrogen and oxygen atoms in total. The topological polar surface area (TPSA) is 32.3 Å². The number of hydrogen-bond acceptors (Lipinski definition) is 3. The normalized spacial score (nSPS) is 17.3. The molecule has 0 amide bonds. The second-order valence-corrected chi connectivity index (χ2v) is 6.69. The van der Waals surface area contributed by atoms with Crippen molar-refractivity contribution in [1.82, 2.24) is 5.32 Å². The van der Waals surface area contributed by atoms with Crippen LogP contribution in [0.2, 0.25) is 0 Å². The first-order chi connectivity index (χ1) is 10.8. The number of thioether (sulfide) groups is 1. The van der Waals surface area contributed by atoms with Crippen LogP contribution in [0.1, 0.15) is 29.2 Å². The maximum absolute atomic E-state index is 13.5. The summed E-state index contributed by atoms with van der Waals surface area (Å²) >= 11 is 1.80. The van der Waals surface area contributed by atoms with Gasteiger partial charge in [0, 0.05) is 10.9 Å². The number of benzene rings is 2. The molecule has 4 heteroatoms. The molecule has 1 aliphatic heterocycles. The van der Waals surface area contributed by atoms with Crippen LogP contribution in [-0.2, 0) is 13.0 Å². The Bertz CT molecular complexity index is 629. The van der Waals surface area contributed by atoms with Gasteiger partial charge in [0.05, 0.1) is 6.61 Å². The molecule has 0 spiro atoms. The Morgan fingerprint density at radius 2 is 1.91 bits per heavy atom. The molecule has 0 fully saturated rings. The molecule has 1 unspecified atom stereocenters. The first kappa shape index (κ1) is 15.5. The van der Waals surface area contributed by atoms with Crippen LogP contribution < -0.4 is 5.32 Å². The third-order valence-electron chi connectivity index (χ3n) is 4.02. The minimum atomic E-state index is -0.160. The molecule has 1 aliphatic rings. The van der Waals surface area contributed by atoms with Crippen LogP contribution in [0.5, 0.6) is 0 Å². The van der Waals surface area contributed by atoms with Gasteiger partial charge >= 0.3 is 0 Å². The summed E-state index contributed by atoms with van der Waals surface area (Å²) in [6, 6.07) is 13.3. The molecule has 0 saturated heterocycles. The van der Waals surface area contributed by atoms with E-state index in [1.807, 2.05) is 18.2 Å². The highest BCUT2D eigenvalue weighted by atomic mass is 32.2. The van der Waals surface area contributed by atoms with E-state index in [1.165, 1.54) is 16.5 Å². The van der Waals surface area contributed by atoms with Crippen LogP contribution in [-0.4, -0.2) is 17.4 Å². The molecule has 0 aromatic heterocycles. The maximum atomic E-state index is 13.5. The van der Waals surface area contributed by atoms with Crippen molar-refractivity contribution in [2.24, 2.45) is 0 Å². The number of halogens is 1. The van der Waals surface area contributed by atoms with Crippen LogP contribution >= 0.6 is 11.8 Å². The molecule has 0 aliphatic carbocycles. The molecular formula is C18H20FNOS. The fourth-order valence-electron chi connectivity index (χ4n) is 2.78. The molecule has 116 valence electrons. The van der Waals surface area contributed by atoms with Crippen molar-refractivity contribution in [3.8, 4) is 0 Å².